The second kappa shape index (κ2) is 20.7. The third kappa shape index (κ3) is 14.7. The molecule has 1 aromatic rings. The molecule has 9 heteroatoms. The Morgan fingerprint density at radius 2 is 1.51 bits per heavy atom. The summed E-state index contributed by atoms with van der Waals surface area (Å²) < 4.78 is 4.86. The first-order chi connectivity index (χ1) is 20.4. The molecule has 0 fully saturated rings. The molecule has 0 spiro atoms. The minimum absolute atomic E-state index is 0.0478. The van der Waals surface area contributed by atoms with Gasteiger partial charge in [-0.25, -0.2) is 9.59 Å². The van der Waals surface area contributed by atoms with Crippen LogP contribution in [0.1, 0.15) is 110 Å². The Kier molecular flexibility index (Phi) is 18.2. The van der Waals surface area contributed by atoms with Gasteiger partial charge >= 0.3 is 11.9 Å². The molecule has 0 saturated heterocycles. The highest BCUT2D eigenvalue weighted by molar-refractivity contribution is 5.92. The first kappa shape index (κ1) is 37.8. The van der Waals surface area contributed by atoms with Crippen molar-refractivity contribution in [1.29, 1.82) is 0 Å². The lowest BCUT2D eigenvalue weighted by Crippen LogP contribution is -2.55. The number of carboxylic acids is 1. The van der Waals surface area contributed by atoms with Crippen LogP contribution in [0.2, 0.25) is 0 Å². The number of allylic oxidation sites excluding steroid dienone is 1. The van der Waals surface area contributed by atoms with Crippen LogP contribution >= 0.6 is 0 Å². The molecule has 1 aromatic carbocycles. The highest BCUT2D eigenvalue weighted by atomic mass is 16.5. The lowest BCUT2D eigenvalue weighted by Gasteiger charge is -2.32. The Balaban J connectivity index is 2.82. The average molecular weight is 604 g/mol. The number of aliphatic hydroxyl groups is 1. The van der Waals surface area contributed by atoms with E-state index < -0.39 is 35.4 Å². The van der Waals surface area contributed by atoms with Gasteiger partial charge in [-0.15, -0.1) is 0 Å². The van der Waals surface area contributed by atoms with Crippen LogP contribution in [0.25, 0.3) is 0 Å². The van der Waals surface area contributed by atoms with Crippen molar-refractivity contribution in [3.63, 3.8) is 0 Å². The van der Waals surface area contributed by atoms with E-state index in [2.05, 4.69) is 12.2 Å². The van der Waals surface area contributed by atoms with Gasteiger partial charge in [-0.05, 0) is 55.7 Å². The van der Waals surface area contributed by atoms with E-state index in [1.165, 1.54) is 44.6 Å². The van der Waals surface area contributed by atoms with Crippen molar-refractivity contribution >= 4 is 23.6 Å². The standard InChI is InChI=1S/C34H53NO8/c1-5-6-7-10-13-16-27(36)17-14-11-8-9-12-15-18-29(34(42,33(40)41)24-25(2)3)31(38)35-30(32(39)43-4)23-26-19-21-28(37)22-20-26/h15,18-22,25,29-30,37,42H,5-14,16-17,23-24H2,1-4H3,(H,35,38)(H,40,41)/b18-15+/t29-,30+,34+/m1/s1. The maximum atomic E-state index is 13.5. The van der Waals surface area contributed by atoms with E-state index in [4.69, 9.17) is 4.74 Å². The van der Waals surface area contributed by atoms with Crippen LogP contribution in [-0.4, -0.2) is 57.7 Å². The number of phenolic OH excluding ortho intramolecular Hbond substituents is 1. The van der Waals surface area contributed by atoms with E-state index in [0.29, 0.717) is 30.6 Å². The van der Waals surface area contributed by atoms with E-state index in [1.807, 2.05) is 0 Å². The number of nitrogens with one attached hydrogen (secondary N) is 1. The second-order valence-electron chi connectivity index (χ2n) is 11.8. The molecule has 0 radical (unpaired) electrons. The summed E-state index contributed by atoms with van der Waals surface area (Å²) in [4.78, 5) is 50.3. The number of aromatic hydroxyl groups is 1. The minimum atomic E-state index is -2.38. The van der Waals surface area contributed by atoms with Gasteiger partial charge in [0.15, 0.2) is 5.60 Å². The van der Waals surface area contributed by atoms with Gasteiger partial charge in [-0.1, -0.05) is 83.6 Å². The molecule has 0 aromatic heterocycles. The van der Waals surface area contributed by atoms with E-state index in [1.54, 1.807) is 32.1 Å². The van der Waals surface area contributed by atoms with Crippen molar-refractivity contribution in [2.75, 3.05) is 7.11 Å². The van der Waals surface area contributed by atoms with Crippen molar-refractivity contribution in [3.8, 4) is 5.75 Å². The number of hydrogen-bond donors (Lipinski definition) is 4. The van der Waals surface area contributed by atoms with Crippen molar-refractivity contribution in [1.82, 2.24) is 5.32 Å². The topological polar surface area (TPSA) is 150 Å². The SMILES string of the molecule is CCCCCCCC(=O)CCCCCC/C=C/[C@H](C(=O)N[C@@H](Cc1ccc(O)cc1)C(=O)OC)[C@@](O)(CC(C)C)C(=O)O. The summed E-state index contributed by atoms with van der Waals surface area (Å²) >= 11 is 0. The normalized spacial score (nSPS) is 14.3. The molecular formula is C34H53NO8. The molecular weight excluding hydrogens is 550 g/mol. The number of methoxy groups -OCH3 is 1. The number of Topliss-reactive ketones (excluding diaryl/α,β-unsaturated/α-hetero) is 1. The summed E-state index contributed by atoms with van der Waals surface area (Å²) in [6, 6.07) is 4.98. The highest BCUT2D eigenvalue weighted by Crippen LogP contribution is 2.29. The summed E-state index contributed by atoms with van der Waals surface area (Å²) in [5, 5.41) is 33.4. The van der Waals surface area contributed by atoms with Gasteiger partial charge in [0.25, 0.3) is 0 Å². The van der Waals surface area contributed by atoms with Crippen molar-refractivity contribution < 1.29 is 39.2 Å². The fraction of sp³-hybridized carbons (Fsp3) is 0.647. The Morgan fingerprint density at radius 3 is 2.05 bits per heavy atom. The lowest BCUT2D eigenvalue weighted by atomic mass is 9.79. The number of rotatable bonds is 23. The monoisotopic (exact) mass is 603 g/mol. The molecule has 0 aliphatic carbocycles. The van der Waals surface area contributed by atoms with Gasteiger partial charge in [0.1, 0.15) is 17.6 Å². The molecule has 4 N–H and O–H groups in total. The zero-order chi connectivity index (χ0) is 32.3. The first-order valence-electron chi connectivity index (χ1n) is 15.7. The van der Waals surface area contributed by atoms with Gasteiger partial charge in [0.05, 0.1) is 13.0 Å². The Bertz CT molecular complexity index is 1020. The average Bonchev–Trinajstić information content (AvgIpc) is 2.95. The first-order valence-corrected chi connectivity index (χ1v) is 15.7. The summed E-state index contributed by atoms with van der Waals surface area (Å²) in [5.41, 5.74) is -1.74. The van der Waals surface area contributed by atoms with Gasteiger partial charge < -0.3 is 25.4 Å². The molecule has 0 bridgehead atoms. The number of aliphatic carboxylic acids is 1. The molecule has 43 heavy (non-hydrogen) atoms. The quantitative estimate of drug-likeness (QED) is 0.0686. The van der Waals surface area contributed by atoms with Gasteiger partial charge in [0, 0.05) is 19.3 Å². The van der Waals surface area contributed by atoms with Crippen LogP contribution in [0, 0.1) is 11.8 Å². The van der Waals surface area contributed by atoms with Crippen molar-refractivity contribution in [3.05, 3.63) is 42.0 Å². The van der Waals surface area contributed by atoms with Gasteiger partial charge in [-0.3, -0.25) is 9.59 Å². The van der Waals surface area contributed by atoms with Crippen molar-refractivity contribution in [2.24, 2.45) is 11.8 Å². The van der Waals surface area contributed by atoms with Crippen LogP contribution in [0.4, 0.5) is 0 Å². The molecule has 1 amide bonds. The zero-order valence-electron chi connectivity index (χ0n) is 26.5. The molecule has 0 saturated carbocycles. The number of amides is 1. The molecule has 3 atom stereocenters. The number of benzene rings is 1. The summed E-state index contributed by atoms with van der Waals surface area (Å²) in [6.45, 7) is 5.68. The number of carbonyl (C=O) groups excluding carboxylic acids is 3. The molecule has 0 heterocycles. The van der Waals surface area contributed by atoms with Crippen LogP contribution in [-0.2, 0) is 30.3 Å². The third-order valence-electron chi connectivity index (χ3n) is 7.53. The molecule has 0 aliphatic rings. The highest BCUT2D eigenvalue weighted by Gasteiger charge is 2.47. The summed E-state index contributed by atoms with van der Waals surface area (Å²) in [7, 11) is 1.19. The number of ether oxygens (including phenoxy) is 1. The fourth-order valence-corrected chi connectivity index (χ4v) is 5.12. The van der Waals surface area contributed by atoms with Crippen molar-refractivity contribution in [2.45, 2.75) is 122 Å². The molecule has 0 aliphatic heterocycles. The zero-order valence-corrected chi connectivity index (χ0v) is 26.5. The Morgan fingerprint density at radius 1 is 0.930 bits per heavy atom. The molecule has 9 nitrogen and oxygen atoms in total. The second-order valence-corrected chi connectivity index (χ2v) is 11.8. The van der Waals surface area contributed by atoms with Gasteiger partial charge in [-0.2, -0.15) is 0 Å². The number of ketones is 1. The van der Waals surface area contributed by atoms with E-state index >= 15 is 0 Å². The Hall–Kier alpha value is -3.20. The largest absolute Gasteiger partial charge is 0.508 e. The van der Waals surface area contributed by atoms with Crippen LogP contribution in [0.5, 0.6) is 5.75 Å². The van der Waals surface area contributed by atoms with Gasteiger partial charge in [0.2, 0.25) is 5.91 Å². The van der Waals surface area contributed by atoms with E-state index in [-0.39, 0.29) is 24.5 Å². The van der Waals surface area contributed by atoms with Crippen LogP contribution in [0.3, 0.4) is 0 Å². The lowest BCUT2D eigenvalue weighted by molar-refractivity contribution is -0.168. The maximum Gasteiger partial charge on any atom is 0.336 e. The smallest absolute Gasteiger partial charge is 0.336 e. The number of carbonyl (C=O) groups is 4. The maximum absolute atomic E-state index is 13.5. The number of esters is 1. The van der Waals surface area contributed by atoms with Crippen LogP contribution in [0.15, 0.2) is 36.4 Å². The van der Waals surface area contributed by atoms with E-state index in [0.717, 1.165) is 38.5 Å². The number of hydrogen-bond acceptors (Lipinski definition) is 7. The van der Waals surface area contributed by atoms with Crippen LogP contribution < -0.4 is 5.32 Å². The molecule has 0 unspecified atom stereocenters. The number of carboxylic acid groups (broad SMARTS) is 1. The predicted molar refractivity (Wildman–Crippen MR) is 167 cm³/mol. The summed E-state index contributed by atoms with van der Waals surface area (Å²) in [5.74, 6) is -4.35. The summed E-state index contributed by atoms with van der Waals surface area (Å²) in [6.07, 6.45) is 13.9. The fourth-order valence-electron chi connectivity index (χ4n) is 5.12. The molecule has 242 valence electrons. The van der Waals surface area contributed by atoms with E-state index in [9.17, 15) is 34.5 Å². The minimum Gasteiger partial charge on any atom is -0.508 e. The Labute approximate surface area is 257 Å². The number of phenols is 1. The predicted octanol–water partition coefficient (Wildman–Crippen LogP) is 5.90. The number of unbranched alkanes of at least 4 members (excludes halogenated alkanes) is 8. The third-order valence-corrected chi connectivity index (χ3v) is 7.53. The molecule has 1 rings (SSSR count).